The van der Waals surface area contributed by atoms with Crippen LogP contribution in [0.1, 0.15) is 26.7 Å². The molecule has 1 aromatic heterocycles. The number of nitrogens with one attached hydrogen (secondary N) is 1. The van der Waals surface area contributed by atoms with E-state index in [1.807, 2.05) is 18.2 Å². The van der Waals surface area contributed by atoms with Crippen LogP contribution in [0.4, 0.5) is 5.95 Å². The fourth-order valence-corrected chi connectivity index (χ4v) is 1.95. The Morgan fingerprint density at radius 3 is 2.56 bits per heavy atom. The van der Waals surface area contributed by atoms with Gasteiger partial charge < -0.3 is 9.88 Å². The number of imidazole rings is 1. The number of nitrogens with zero attached hydrogens (tertiary/aromatic N) is 2. The van der Waals surface area contributed by atoms with Crippen molar-refractivity contribution in [2.24, 2.45) is 7.05 Å². The lowest BCUT2D eigenvalue weighted by atomic mass is 10.2. The van der Waals surface area contributed by atoms with Crippen LogP contribution in [0.15, 0.2) is 24.3 Å². The van der Waals surface area contributed by atoms with Crippen LogP contribution in [-0.4, -0.2) is 15.6 Å². The summed E-state index contributed by atoms with van der Waals surface area (Å²) in [6.45, 7) is 4.40. The predicted octanol–water partition coefficient (Wildman–Crippen LogP) is 3.17. The first-order valence-corrected chi connectivity index (χ1v) is 5.94. The zero-order chi connectivity index (χ0) is 11.5. The number of aromatic nitrogens is 2. The van der Waals surface area contributed by atoms with Gasteiger partial charge in [0.05, 0.1) is 11.0 Å². The molecule has 2 rings (SSSR count). The van der Waals surface area contributed by atoms with Crippen molar-refractivity contribution in [1.29, 1.82) is 0 Å². The number of fused-ring (bicyclic) bond motifs is 1. The van der Waals surface area contributed by atoms with Gasteiger partial charge in [0.2, 0.25) is 5.95 Å². The topological polar surface area (TPSA) is 29.9 Å². The molecule has 2 aromatic rings. The molecule has 0 atom stereocenters. The Bertz CT molecular complexity index is 469. The fourth-order valence-electron chi connectivity index (χ4n) is 1.95. The van der Waals surface area contributed by atoms with E-state index in [0.29, 0.717) is 6.04 Å². The van der Waals surface area contributed by atoms with Crippen molar-refractivity contribution in [3.8, 4) is 0 Å². The summed E-state index contributed by atoms with van der Waals surface area (Å²) < 4.78 is 2.12. The van der Waals surface area contributed by atoms with Crippen molar-refractivity contribution < 1.29 is 0 Å². The van der Waals surface area contributed by atoms with Gasteiger partial charge in [-0.2, -0.15) is 0 Å². The van der Waals surface area contributed by atoms with E-state index in [-0.39, 0.29) is 0 Å². The number of anilines is 1. The van der Waals surface area contributed by atoms with Gasteiger partial charge in [-0.05, 0) is 25.0 Å². The molecular formula is C13H19N3. The average molecular weight is 217 g/mol. The van der Waals surface area contributed by atoms with Crippen LogP contribution in [-0.2, 0) is 7.05 Å². The molecule has 1 N–H and O–H groups in total. The molecule has 0 saturated heterocycles. The number of para-hydroxylation sites is 2. The highest BCUT2D eigenvalue weighted by Crippen LogP contribution is 2.18. The van der Waals surface area contributed by atoms with Crippen molar-refractivity contribution in [1.82, 2.24) is 9.55 Å². The van der Waals surface area contributed by atoms with E-state index in [9.17, 15) is 0 Å². The van der Waals surface area contributed by atoms with Crippen LogP contribution < -0.4 is 5.32 Å². The van der Waals surface area contributed by atoms with Gasteiger partial charge in [-0.3, -0.25) is 0 Å². The summed E-state index contributed by atoms with van der Waals surface area (Å²) in [5.74, 6) is 0.968. The molecule has 0 radical (unpaired) electrons. The smallest absolute Gasteiger partial charge is 0.203 e. The van der Waals surface area contributed by atoms with E-state index < -0.39 is 0 Å². The summed E-state index contributed by atoms with van der Waals surface area (Å²) in [5, 5.41) is 3.49. The largest absolute Gasteiger partial charge is 0.353 e. The molecule has 0 bridgehead atoms. The van der Waals surface area contributed by atoms with Crippen molar-refractivity contribution in [3.05, 3.63) is 24.3 Å². The number of aryl methyl sites for hydroxylation is 1. The summed E-state index contributed by atoms with van der Waals surface area (Å²) in [7, 11) is 2.06. The van der Waals surface area contributed by atoms with E-state index in [1.54, 1.807) is 0 Å². The molecule has 0 saturated carbocycles. The van der Waals surface area contributed by atoms with Gasteiger partial charge in [0.25, 0.3) is 0 Å². The van der Waals surface area contributed by atoms with Crippen LogP contribution in [0.25, 0.3) is 11.0 Å². The van der Waals surface area contributed by atoms with E-state index in [4.69, 9.17) is 0 Å². The SMILES string of the molecule is CCC(CC)Nc1nc2ccccc2n1C. The van der Waals surface area contributed by atoms with Crippen LogP contribution in [0.2, 0.25) is 0 Å². The summed E-state index contributed by atoms with van der Waals surface area (Å²) in [6, 6.07) is 8.73. The second kappa shape index (κ2) is 4.56. The van der Waals surface area contributed by atoms with E-state index >= 15 is 0 Å². The van der Waals surface area contributed by atoms with Gasteiger partial charge in [-0.25, -0.2) is 4.98 Å². The van der Waals surface area contributed by atoms with E-state index in [2.05, 4.69) is 41.8 Å². The van der Waals surface area contributed by atoms with E-state index in [1.165, 1.54) is 5.52 Å². The standard InChI is InChI=1S/C13H19N3/c1-4-10(5-2)14-13-15-11-8-6-7-9-12(11)16(13)3/h6-10H,4-5H2,1-3H3,(H,14,15). The van der Waals surface area contributed by atoms with Gasteiger partial charge >= 0.3 is 0 Å². The Kier molecular flexibility index (Phi) is 3.13. The second-order valence-corrected chi connectivity index (χ2v) is 4.14. The lowest BCUT2D eigenvalue weighted by Gasteiger charge is -2.15. The van der Waals surface area contributed by atoms with Gasteiger partial charge in [-0.15, -0.1) is 0 Å². The molecule has 0 fully saturated rings. The molecule has 3 nitrogen and oxygen atoms in total. The average Bonchev–Trinajstić information content (AvgIpc) is 2.64. The summed E-state index contributed by atoms with van der Waals surface area (Å²) in [4.78, 5) is 4.60. The predicted molar refractivity (Wildman–Crippen MR) is 68.7 cm³/mol. The minimum Gasteiger partial charge on any atom is -0.353 e. The Morgan fingerprint density at radius 2 is 1.94 bits per heavy atom. The van der Waals surface area contributed by atoms with Gasteiger partial charge in [-0.1, -0.05) is 26.0 Å². The Morgan fingerprint density at radius 1 is 1.25 bits per heavy atom. The second-order valence-electron chi connectivity index (χ2n) is 4.14. The van der Waals surface area contributed by atoms with Crippen LogP contribution in [0, 0.1) is 0 Å². The summed E-state index contributed by atoms with van der Waals surface area (Å²) in [6.07, 6.45) is 2.25. The molecule has 0 aliphatic heterocycles. The van der Waals surface area contributed by atoms with Gasteiger partial charge in [0.15, 0.2) is 0 Å². The minimum absolute atomic E-state index is 0.510. The van der Waals surface area contributed by atoms with Gasteiger partial charge in [0, 0.05) is 13.1 Å². The quantitative estimate of drug-likeness (QED) is 0.852. The van der Waals surface area contributed by atoms with Crippen molar-refractivity contribution in [3.63, 3.8) is 0 Å². The molecule has 0 amide bonds. The third-order valence-corrected chi connectivity index (χ3v) is 3.11. The molecule has 86 valence electrons. The first-order chi connectivity index (χ1) is 7.76. The third-order valence-electron chi connectivity index (χ3n) is 3.11. The van der Waals surface area contributed by atoms with Crippen LogP contribution in [0.3, 0.4) is 0 Å². The molecule has 3 heteroatoms. The number of benzene rings is 1. The highest BCUT2D eigenvalue weighted by molar-refractivity contribution is 5.78. The van der Waals surface area contributed by atoms with E-state index in [0.717, 1.165) is 24.3 Å². The lowest BCUT2D eigenvalue weighted by molar-refractivity contribution is 0.660. The highest BCUT2D eigenvalue weighted by atomic mass is 15.2. The number of hydrogen-bond acceptors (Lipinski definition) is 2. The Labute approximate surface area is 96.5 Å². The zero-order valence-electron chi connectivity index (χ0n) is 10.2. The maximum absolute atomic E-state index is 4.60. The summed E-state index contributed by atoms with van der Waals surface area (Å²) in [5.41, 5.74) is 2.23. The number of hydrogen-bond donors (Lipinski definition) is 1. The maximum atomic E-state index is 4.60. The molecule has 1 heterocycles. The normalized spacial score (nSPS) is 11.2. The van der Waals surface area contributed by atoms with Crippen LogP contribution in [0.5, 0.6) is 0 Å². The van der Waals surface area contributed by atoms with Crippen molar-refractivity contribution >= 4 is 17.0 Å². The van der Waals surface area contributed by atoms with Crippen molar-refractivity contribution in [2.45, 2.75) is 32.7 Å². The fraction of sp³-hybridized carbons (Fsp3) is 0.462. The van der Waals surface area contributed by atoms with Crippen LogP contribution >= 0.6 is 0 Å². The Hall–Kier alpha value is -1.51. The minimum atomic E-state index is 0.510. The first-order valence-electron chi connectivity index (χ1n) is 5.94. The molecule has 1 aromatic carbocycles. The molecule has 0 unspecified atom stereocenters. The molecule has 0 spiro atoms. The van der Waals surface area contributed by atoms with Crippen molar-refractivity contribution in [2.75, 3.05) is 5.32 Å². The lowest BCUT2D eigenvalue weighted by Crippen LogP contribution is -2.19. The third kappa shape index (κ3) is 1.90. The highest BCUT2D eigenvalue weighted by Gasteiger charge is 2.09. The first kappa shape index (κ1) is 11.0. The maximum Gasteiger partial charge on any atom is 0.203 e. The molecule has 16 heavy (non-hydrogen) atoms. The molecule has 0 aliphatic rings. The zero-order valence-corrected chi connectivity index (χ0v) is 10.2. The monoisotopic (exact) mass is 217 g/mol. The Balaban J connectivity index is 2.34. The molecular weight excluding hydrogens is 198 g/mol. The number of rotatable bonds is 4. The summed E-state index contributed by atoms with van der Waals surface area (Å²) >= 11 is 0. The molecule has 0 aliphatic carbocycles. The van der Waals surface area contributed by atoms with Gasteiger partial charge in [0.1, 0.15) is 0 Å².